The molecule has 6 nitrogen and oxygen atoms in total. The number of nitrogens with zero attached hydrogens (tertiary/aromatic N) is 2. The van der Waals surface area contributed by atoms with Gasteiger partial charge in [-0.05, 0) is 24.3 Å². The van der Waals surface area contributed by atoms with E-state index in [0.29, 0.717) is 28.2 Å². The quantitative estimate of drug-likeness (QED) is 0.557. The van der Waals surface area contributed by atoms with Crippen molar-refractivity contribution in [3.8, 4) is 11.5 Å². The summed E-state index contributed by atoms with van der Waals surface area (Å²) in [7, 11) is 1.38. The minimum atomic E-state index is -2.96. The van der Waals surface area contributed by atoms with Crippen molar-refractivity contribution in [3.63, 3.8) is 0 Å². The van der Waals surface area contributed by atoms with Crippen LogP contribution in [0.15, 0.2) is 53.2 Å². The van der Waals surface area contributed by atoms with Gasteiger partial charge in [0, 0.05) is 17.1 Å². The minimum absolute atomic E-state index is 0.0811. The average molecular weight is 357 g/mol. The normalized spacial score (nSPS) is 11.2. The van der Waals surface area contributed by atoms with Gasteiger partial charge in [0.25, 0.3) is 0 Å². The van der Waals surface area contributed by atoms with Gasteiger partial charge in [0.05, 0.1) is 7.11 Å². The Morgan fingerprint density at radius 3 is 2.73 bits per heavy atom. The Kier molecular flexibility index (Phi) is 4.00. The van der Waals surface area contributed by atoms with Crippen LogP contribution < -0.4 is 14.8 Å². The predicted molar refractivity (Wildman–Crippen MR) is 92.2 cm³/mol. The van der Waals surface area contributed by atoms with E-state index in [4.69, 9.17) is 9.15 Å². The fourth-order valence-electron chi connectivity index (χ4n) is 2.69. The number of methoxy groups -OCH3 is 1. The summed E-state index contributed by atoms with van der Waals surface area (Å²) in [6, 6.07) is 12.1. The molecule has 0 bridgehead atoms. The second kappa shape index (κ2) is 6.47. The first-order valence-electron chi connectivity index (χ1n) is 7.68. The number of aromatic nitrogens is 2. The molecule has 0 fully saturated rings. The number of alkyl halides is 2. The number of anilines is 2. The molecule has 0 aliphatic carbocycles. The molecule has 0 atom stereocenters. The number of para-hydroxylation sites is 1. The van der Waals surface area contributed by atoms with Crippen molar-refractivity contribution >= 4 is 33.6 Å². The Hall–Kier alpha value is -3.42. The lowest BCUT2D eigenvalue weighted by Crippen LogP contribution is -2.04. The number of hydrogen-bond donors (Lipinski definition) is 1. The van der Waals surface area contributed by atoms with Crippen LogP contribution in [0.25, 0.3) is 22.1 Å². The SMILES string of the molecule is COc1ccc(Nc2ncnc3c2oc2ccccc23)cc1OC(F)F. The number of rotatable bonds is 5. The molecule has 2 heterocycles. The summed E-state index contributed by atoms with van der Waals surface area (Å²) in [5.41, 5.74) is 2.31. The molecule has 132 valence electrons. The number of ether oxygens (including phenoxy) is 2. The topological polar surface area (TPSA) is 69.4 Å². The van der Waals surface area contributed by atoms with E-state index < -0.39 is 6.61 Å². The maximum Gasteiger partial charge on any atom is 0.387 e. The molecule has 0 unspecified atom stereocenters. The van der Waals surface area contributed by atoms with Gasteiger partial charge < -0.3 is 19.2 Å². The summed E-state index contributed by atoms with van der Waals surface area (Å²) in [5, 5.41) is 3.91. The van der Waals surface area contributed by atoms with Gasteiger partial charge in [-0.15, -0.1) is 0 Å². The molecule has 0 saturated carbocycles. The molecule has 0 aliphatic rings. The van der Waals surface area contributed by atoms with Gasteiger partial charge in [-0.3, -0.25) is 0 Å². The molecule has 0 radical (unpaired) electrons. The summed E-state index contributed by atoms with van der Waals surface area (Å²) >= 11 is 0. The van der Waals surface area contributed by atoms with E-state index in [1.807, 2.05) is 24.3 Å². The van der Waals surface area contributed by atoms with Gasteiger partial charge in [0.15, 0.2) is 22.9 Å². The van der Waals surface area contributed by atoms with Crippen LogP contribution in [0.5, 0.6) is 11.5 Å². The van der Waals surface area contributed by atoms with Crippen LogP contribution in [0.1, 0.15) is 0 Å². The Morgan fingerprint density at radius 2 is 1.92 bits per heavy atom. The lowest BCUT2D eigenvalue weighted by molar-refractivity contribution is -0.0511. The van der Waals surface area contributed by atoms with E-state index in [9.17, 15) is 8.78 Å². The maximum atomic E-state index is 12.6. The second-order valence-corrected chi connectivity index (χ2v) is 5.37. The first-order valence-corrected chi connectivity index (χ1v) is 7.68. The van der Waals surface area contributed by atoms with E-state index in [1.54, 1.807) is 6.07 Å². The largest absolute Gasteiger partial charge is 0.493 e. The number of benzene rings is 2. The fraction of sp³-hybridized carbons (Fsp3) is 0.111. The third-order valence-corrected chi connectivity index (χ3v) is 3.80. The minimum Gasteiger partial charge on any atom is -0.493 e. The lowest BCUT2D eigenvalue weighted by atomic mass is 10.2. The van der Waals surface area contributed by atoms with E-state index in [1.165, 1.54) is 25.6 Å². The van der Waals surface area contributed by atoms with Crippen LogP contribution in [0.2, 0.25) is 0 Å². The van der Waals surface area contributed by atoms with Crippen molar-refractivity contribution in [3.05, 3.63) is 48.8 Å². The van der Waals surface area contributed by atoms with Gasteiger partial charge in [0.2, 0.25) is 0 Å². The fourth-order valence-corrected chi connectivity index (χ4v) is 2.69. The Labute approximate surface area is 146 Å². The van der Waals surface area contributed by atoms with Crippen molar-refractivity contribution in [2.45, 2.75) is 6.61 Å². The van der Waals surface area contributed by atoms with Crippen LogP contribution in [-0.2, 0) is 0 Å². The van der Waals surface area contributed by atoms with Gasteiger partial charge in [0.1, 0.15) is 17.4 Å². The molecular weight excluding hydrogens is 344 g/mol. The second-order valence-electron chi connectivity index (χ2n) is 5.37. The first-order chi connectivity index (χ1) is 12.7. The zero-order valence-electron chi connectivity index (χ0n) is 13.6. The molecule has 0 amide bonds. The number of hydrogen-bond acceptors (Lipinski definition) is 6. The highest BCUT2D eigenvalue weighted by Gasteiger charge is 2.15. The molecule has 2 aromatic heterocycles. The van der Waals surface area contributed by atoms with Gasteiger partial charge in [-0.25, -0.2) is 9.97 Å². The van der Waals surface area contributed by atoms with Crippen molar-refractivity contribution in [2.75, 3.05) is 12.4 Å². The van der Waals surface area contributed by atoms with E-state index >= 15 is 0 Å². The van der Waals surface area contributed by atoms with Crippen LogP contribution in [0.3, 0.4) is 0 Å². The Bertz CT molecular complexity index is 1080. The smallest absolute Gasteiger partial charge is 0.387 e. The summed E-state index contributed by atoms with van der Waals surface area (Å²) in [4.78, 5) is 8.46. The summed E-state index contributed by atoms with van der Waals surface area (Å²) in [6.07, 6.45) is 1.41. The third-order valence-electron chi connectivity index (χ3n) is 3.80. The number of fused-ring (bicyclic) bond motifs is 3. The van der Waals surface area contributed by atoms with Crippen molar-refractivity contribution < 1.29 is 22.7 Å². The highest BCUT2D eigenvalue weighted by atomic mass is 19.3. The van der Waals surface area contributed by atoms with Crippen LogP contribution in [0.4, 0.5) is 20.3 Å². The molecular formula is C18H13F2N3O3. The van der Waals surface area contributed by atoms with Crippen molar-refractivity contribution in [1.82, 2.24) is 9.97 Å². The monoisotopic (exact) mass is 357 g/mol. The maximum absolute atomic E-state index is 12.6. The number of furan rings is 1. The Morgan fingerprint density at radius 1 is 1.08 bits per heavy atom. The molecule has 1 N–H and O–H groups in total. The molecule has 26 heavy (non-hydrogen) atoms. The van der Waals surface area contributed by atoms with Crippen LogP contribution in [0, 0.1) is 0 Å². The highest BCUT2D eigenvalue weighted by Crippen LogP contribution is 2.35. The summed E-state index contributed by atoms with van der Waals surface area (Å²) < 4.78 is 40.5. The van der Waals surface area contributed by atoms with Gasteiger partial charge in [-0.2, -0.15) is 8.78 Å². The standard InChI is InChI=1S/C18H13F2N3O3/c1-24-13-7-6-10(8-14(13)26-18(19)20)23-17-16-15(21-9-22-17)11-4-2-3-5-12(11)25-16/h2-9,18H,1H3,(H,21,22,23). The molecule has 0 saturated heterocycles. The zero-order valence-corrected chi connectivity index (χ0v) is 13.6. The number of nitrogens with one attached hydrogen (secondary N) is 1. The molecule has 0 spiro atoms. The predicted octanol–water partition coefficient (Wildman–Crippen LogP) is 4.73. The van der Waals surface area contributed by atoms with Crippen molar-refractivity contribution in [1.29, 1.82) is 0 Å². The molecule has 8 heteroatoms. The summed E-state index contributed by atoms with van der Waals surface area (Å²) in [6.45, 7) is -2.96. The average Bonchev–Trinajstić information content (AvgIpc) is 3.01. The molecule has 2 aromatic carbocycles. The van der Waals surface area contributed by atoms with Crippen molar-refractivity contribution in [2.24, 2.45) is 0 Å². The summed E-state index contributed by atoms with van der Waals surface area (Å²) in [5.74, 6) is 0.536. The molecule has 4 aromatic rings. The molecule has 0 aliphatic heterocycles. The Balaban J connectivity index is 1.75. The lowest BCUT2D eigenvalue weighted by Gasteiger charge is -2.12. The van der Waals surface area contributed by atoms with E-state index in [-0.39, 0.29) is 11.5 Å². The zero-order chi connectivity index (χ0) is 18.1. The van der Waals surface area contributed by atoms with Crippen LogP contribution >= 0.6 is 0 Å². The van der Waals surface area contributed by atoms with Gasteiger partial charge in [-0.1, -0.05) is 12.1 Å². The number of halogens is 2. The van der Waals surface area contributed by atoms with E-state index in [2.05, 4.69) is 20.0 Å². The third kappa shape index (κ3) is 2.85. The molecule has 4 rings (SSSR count). The highest BCUT2D eigenvalue weighted by molar-refractivity contribution is 6.05. The van der Waals surface area contributed by atoms with Crippen LogP contribution in [-0.4, -0.2) is 23.7 Å². The first kappa shape index (κ1) is 16.1. The van der Waals surface area contributed by atoms with Gasteiger partial charge >= 0.3 is 6.61 Å². The van der Waals surface area contributed by atoms with E-state index in [0.717, 1.165) is 5.39 Å².